The van der Waals surface area contributed by atoms with E-state index in [0.29, 0.717) is 29.6 Å². The van der Waals surface area contributed by atoms with E-state index in [1.165, 1.54) is 11.8 Å². The number of ether oxygens (including phenoxy) is 1. The van der Waals surface area contributed by atoms with Crippen LogP contribution in [0.1, 0.15) is 18.1 Å². The Morgan fingerprint density at radius 1 is 1.13 bits per heavy atom. The number of hydrogen-bond donors (Lipinski definition) is 2. The standard InChI is InChI=1S/C24H23N3O3S/c1-2-30-21-12-14-25-20-9-5-17(15-19(20)21)6-10-22-23(29)27-24(31-22)26-13-11-16-3-7-18(28)8-4-16/h3-5,7-10,12,14-15,28H,2,6,11,13H2,1H3,(H,26,27,29)/b22-10-. The molecular weight excluding hydrogens is 410 g/mol. The van der Waals surface area contributed by atoms with E-state index >= 15 is 0 Å². The third-order valence-electron chi connectivity index (χ3n) is 4.84. The highest BCUT2D eigenvalue weighted by atomic mass is 32.2. The second kappa shape index (κ2) is 9.66. The normalized spacial score (nSPS) is 14.8. The summed E-state index contributed by atoms with van der Waals surface area (Å²) in [6.07, 6.45) is 5.07. The van der Waals surface area contributed by atoms with Crippen molar-refractivity contribution in [3.63, 3.8) is 0 Å². The van der Waals surface area contributed by atoms with E-state index in [-0.39, 0.29) is 11.7 Å². The first-order chi connectivity index (χ1) is 15.1. The summed E-state index contributed by atoms with van der Waals surface area (Å²) in [6, 6.07) is 15.0. The number of amides is 1. The van der Waals surface area contributed by atoms with Crippen LogP contribution in [0.2, 0.25) is 0 Å². The van der Waals surface area contributed by atoms with E-state index < -0.39 is 0 Å². The van der Waals surface area contributed by atoms with Crippen molar-refractivity contribution in [2.45, 2.75) is 19.8 Å². The van der Waals surface area contributed by atoms with Crippen LogP contribution < -0.4 is 10.1 Å². The molecule has 158 valence electrons. The maximum Gasteiger partial charge on any atom is 0.285 e. The first-order valence-corrected chi connectivity index (χ1v) is 11.0. The van der Waals surface area contributed by atoms with Gasteiger partial charge in [0, 0.05) is 18.1 Å². The molecule has 0 aliphatic carbocycles. The van der Waals surface area contributed by atoms with Gasteiger partial charge in [-0.25, -0.2) is 0 Å². The fraction of sp³-hybridized carbons (Fsp3) is 0.208. The number of carbonyl (C=O) groups excluding carboxylic acids is 1. The number of thioether (sulfide) groups is 1. The average molecular weight is 434 g/mol. The minimum absolute atomic E-state index is 0.213. The molecule has 6 nitrogen and oxygen atoms in total. The first kappa shape index (κ1) is 20.9. The van der Waals surface area contributed by atoms with Gasteiger partial charge in [-0.1, -0.05) is 24.3 Å². The zero-order valence-corrected chi connectivity index (χ0v) is 18.0. The van der Waals surface area contributed by atoms with Crippen LogP contribution in [0.5, 0.6) is 11.5 Å². The molecule has 1 aromatic heterocycles. The number of pyridine rings is 1. The molecule has 0 saturated heterocycles. The Morgan fingerprint density at radius 2 is 1.94 bits per heavy atom. The van der Waals surface area contributed by atoms with Crippen LogP contribution in [-0.4, -0.2) is 34.3 Å². The van der Waals surface area contributed by atoms with Gasteiger partial charge >= 0.3 is 0 Å². The van der Waals surface area contributed by atoms with Gasteiger partial charge < -0.3 is 15.2 Å². The molecule has 1 amide bonds. The van der Waals surface area contributed by atoms with Gasteiger partial charge in [0.25, 0.3) is 5.91 Å². The molecule has 4 rings (SSSR count). The van der Waals surface area contributed by atoms with Crippen molar-refractivity contribution in [1.82, 2.24) is 10.3 Å². The number of phenols is 1. The van der Waals surface area contributed by atoms with Crippen molar-refractivity contribution in [1.29, 1.82) is 0 Å². The second-order valence-corrected chi connectivity index (χ2v) is 8.06. The predicted molar refractivity (Wildman–Crippen MR) is 125 cm³/mol. The molecule has 2 aromatic carbocycles. The number of amidine groups is 1. The number of rotatable bonds is 7. The lowest BCUT2D eigenvalue weighted by Crippen LogP contribution is -2.21. The third-order valence-corrected chi connectivity index (χ3v) is 5.83. The zero-order valence-electron chi connectivity index (χ0n) is 17.2. The number of aliphatic imine (C=N–C) groups is 1. The fourth-order valence-corrected chi connectivity index (χ4v) is 4.10. The summed E-state index contributed by atoms with van der Waals surface area (Å²) < 4.78 is 5.71. The largest absolute Gasteiger partial charge is 0.508 e. The summed E-state index contributed by atoms with van der Waals surface area (Å²) in [5.41, 5.74) is 3.07. The van der Waals surface area contributed by atoms with Gasteiger partial charge in [-0.3, -0.25) is 9.78 Å². The highest BCUT2D eigenvalue weighted by molar-refractivity contribution is 8.18. The number of nitrogens with one attached hydrogen (secondary N) is 1. The summed E-state index contributed by atoms with van der Waals surface area (Å²) in [5, 5.41) is 14.1. The lowest BCUT2D eigenvalue weighted by atomic mass is 10.1. The molecule has 2 heterocycles. The molecule has 0 atom stereocenters. The molecular formula is C24H23N3O3S. The number of allylic oxidation sites excluding steroid dienone is 1. The highest BCUT2D eigenvalue weighted by Crippen LogP contribution is 2.28. The fourth-order valence-electron chi connectivity index (χ4n) is 3.29. The number of hydrogen-bond acceptors (Lipinski definition) is 6. The molecule has 3 aromatic rings. The number of phenolic OH excluding ortho intramolecular Hbond substituents is 1. The van der Waals surface area contributed by atoms with Gasteiger partial charge in [0.1, 0.15) is 11.5 Å². The summed E-state index contributed by atoms with van der Waals surface area (Å²) in [6.45, 7) is 3.22. The minimum atomic E-state index is -0.213. The molecule has 0 spiro atoms. The summed E-state index contributed by atoms with van der Waals surface area (Å²) in [4.78, 5) is 21.4. The van der Waals surface area contributed by atoms with Crippen molar-refractivity contribution >= 4 is 33.7 Å². The Labute approximate surface area is 185 Å². The first-order valence-electron chi connectivity index (χ1n) is 10.2. The lowest BCUT2D eigenvalue weighted by Gasteiger charge is -2.08. The van der Waals surface area contributed by atoms with Gasteiger partial charge in [-0.15, -0.1) is 0 Å². The maximum atomic E-state index is 12.3. The Balaban J connectivity index is 1.36. The van der Waals surface area contributed by atoms with Crippen LogP contribution in [0.4, 0.5) is 0 Å². The Hall–Kier alpha value is -3.32. The van der Waals surface area contributed by atoms with Gasteiger partial charge in [0.2, 0.25) is 0 Å². The Bertz CT molecular complexity index is 1160. The summed E-state index contributed by atoms with van der Waals surface area (Å²) in [5.74, 6) is 0.857. The van der Waals surface area contributed by atoms with Crippen LogP contribution in [0.3, 0.4) is 0 Å². The van der Waals surface area contributed by atoms with E-state index in [9.17, 15) is 9.90 Å². The smallest absolute Gasteiger partial charge is 0.285 e. The lowest BCUT2D eigenvalue weighted by molar-refractivity contribution is -0.113. The van der Waals surface area contributed by atoms with E-state index in [4.69, 9.17) is 4.74 Å². The van der Waals surface area contributed by atoms with Crippen molar-refractivity contribution < 1.29 is 14.6 Å². The van der Waals surface area contributed by atoms with Gasteiger partial charge in [0.15, 0.2) is 5.17 Å². The minimum Gasteiger partial charge on any atom is -0.508 e. The van der Waals surface area contributed by atoms with Crippen molar-refractivity contribution in [3.8, 4) is 11.5 Å². The van der Waals surface area contributed by atoms with Crippen molar-refractivity contribution in [3.05, 3.63) is 76.8 Å². The van der Waals surface area contributed by atoms with Crippen LogP contribution in [-0.2, 0) is 17.6 Å². The van der Waals surface area contributed by atoms with E-state index in [1.54, 1.807) is 18.3 Å². The summed E-state index contributed by atoms with van der Waals surface area (Å²) in [7, 11) is 0. The maximum absolute atomic E-state index is 12.3. The monoisotopic (exact) mass is 433 g/mol. The Kier molecular flexibility index (Phi) is 6.52. The summed E-state index contributed by atoms with van der Waals surface area (Å²) >= 11 is 1.36. The quantitative estimate of drug-likeness (QED) is 0.543. The molecule has 31 heavy (non-hydrogen) atoms. The number of benzene rings is 2. The van der Waals surface area contributed by atoms with Crippen LogP contribution in [0.25, 0.3) is 10.9 Å². The molecule has 7 heteroatoms. The molecule has 1 aliphatic heterocycles. The topological polar surface area (TPSA) is 83.8 Å². The molecule has 1 aliphatic rings. The Morgan fingerprint density at radius 3 is 2.74 bits per heavy atom. The number of fused-ring (bicyclic) bond motifs is 1. The van der Waals surface area contributed by atoms with Crippen molar-refractivity contribution in [2.75, 3.05) is 13.2 Å². The second-order valence-electron chi connectivity index (χ2n) is 7.03. The van der Waals surface area contributed by atoms with Gasteiger partial charge in [0.05, 0.1) is 17.0 Å². The average Bonchev–Trinajstić information content (AvgIpc) is 3.13. The van der Waals surface area contributed by atoms with E-state index in [0.717, 1.165) is 34.2 Å². The van der Waals surface area contributed by atoms with E-state index in [1.807, 2.05) is 43.3 Å². The molecule has 2 N–H and O–H groups in total. The van der Waals surface area contributed by atoms with Gasteiger partial charge in [-0.05, 0) is 73.0 Å². The van der Waals surface area contributed by atoms with E-state index in [2.05, 4.69) is 21.4 Å². The van der Waals surface area contributed by atoms with Crippen LogP contribution >= 0.6 is 11.8 Å². The zero-order chi connectivity index (χ0) is 21.6. The third kappa shape index (κ3) is 5.24. The predicted octanol–water partition coefficient (Wildman–Crippen LogP) is 4.23. The van der Waals surface area contributed by atoms with Crippen LogP contribution in [0, 0.1) is 0 Å². The molecule has 0 unspecified atom stereocenters. The van der Waals surface area contributed by atoms with Crippen LogP contribution in [0.15, 0.2) is 70.7 Å². The molecule has 0 radical (unpaired) electrons. The van der Waals surface area contributed by atoms with Gasteiger partial charge in [-0.2, -0.15) is 4.99 Å². The SMILES string of the molecule is CCOc1ccnc2ccc(C/C=C3\SC(NCCc4ccc(O)cc4)=NC3=O)cc12. The molecule has 0 bridgehead atoms. The number of nitrogens with zero attached hydrogens (tertiary/aromatic N) is 2. The number of carbonyl (C=O) groups is 1. The molecule has 0 fully saturated rings. The van der Waals surface area contributed by atoms with Crippen molar-refractivity contribution in [2.24, 2.45) is 4.99 Å². The number of aromatic nitrogens is 1. The highest BCUT2D eigenvalue weighted by Gasteiger charge is 2.21. The molecule has 0 saturated carbocycles. The number of aromatic hydroxyl groups is 1.